The monoisotopic (exact) mass is 222 g/mol. The molecule has 2 atom stereocenters. The van der Waals surface area contributed by atoms with E-state index in [-0.39, 0.29) is 11.4 Å². The SMILES string of the molecule is CN1C(=O)CN2C[C@H]1CC21CCC(=O)CC1. The number of hydrogen-bond acceptors (Lipinski definition) is 3. The molecule has 1 spiro atoms. The van der Waals surface area contributed by atoms with E-state index in [2.05, 4.69) is 4.90 Å². The summed E-state index contributed by atoms with van der Waals surface area (Å²) < 4.78 is 0. The lowest BCUT2D eigenvalue weighted by molar-refractivity contribution is -0.136. The van der Waals surface area contributed by atoms with Crippen LogP contribution in [-0.2, 0) is 9.59 Å². The summed E-state index contributed by atoms with van der Waals surface area (Å²) >= 11 is 0. The van der Waals surface area contributed by atoms with Crippen LogP contribution in [0.2, 0.25) is 0 Å². The van der Waals surface area contributed by atoms with Crippen LogP contribution in [0.5, 0.6) is 0 Å². The van der Waals surface area contributed by atoms with Crippen LogP contribution in [0, 0.1) is 0 Å². The van der Waals surface area contributed by atoms with Crippen molar-refractivity contribution in [1.29, 1.82) is 0 Å². The molecule has 3 rings (SSSR count). The zero-order valence-electron chi connectivity index (χ0n) is 9.74. The number of fused-ring (bicyclic) bond motifs is 3. The zero-order valence-corrected chi connectivity index (χ0v) is 9.74. The van der Waals surface area contributed by atoms with Gasteiger partial charge in [0, 0.05) is 38.0 Å². The van der Waals surface area contributed by atoms with E-state index in [1.54, 1.807) is 0 Å². The van der Waals surface area contributed by atoms with Gasteiger partial charge in [0.25, 0.3) is 0 Å². The van der Waals surface area contributed by atoms with E-state index in [0.717, 1.165) is 25.8 Å². The Morgan fingerprint density at radius 1 is 1.25 bits per heavy atom. The second-order valence-electron chi connectivity index (χ2n) is 5.51. The van der Waals surface area contributed by atoms with Crippen molar-refractivity contribution < 1.29 is 9.59 Å². The summed E-state index contributed by atoms with van der Waals surface area (Å²) in [5.74, 6) is 0.637. The van der Waals surface area contributed by atoms with Crippen molar-refractivity contribution >= 4 is 11.7 Å². The number of piperazine rings is 1. The average Bonchev–Trinajstić information content (AvgIpc) is 2.56. The highest BCUT2D eigenvalue weighted by Gasteiger charge is 2.51. The first-order valence-corrected chi connectivity index (χ1v) is 6.13. The van der Waals surface area contributed by atoms with Crippen molar-refractivity contribution in [2.45, 2.75) is 43.7 Å². The van der Waals surface area contributed by atoms with Gasteiger partial charge in [-0.1, -0.05) is 0 Å². The number of carbonyl (C=O) groups excluding carboxylic acids is 2. The summed E-state index contributed by atoms with van der Waals surface area (Å²) in [6, 6.07) is 0.384. The smallest absolute Gasteiger partial charge is 0.236 e. The fourth-order valence-corrected chi connectivity index (χ4v) is 3.56. The fourth-order valence-electron chi connectivity index (χ4n) is 3.56. The van der Waals surface area contributed by atoms with E-state index < -0.39 is 0 Å². The predicted octanol–water partition coefficient (Wildman–Crippen LogP) is 0.415. The summed E-state index contributed by atoms with van der Waals surface area (Å²) in [4.78, 5) is 27.3. The van der Waals surface area contributed by atoms with Crippen LogP contribution in [-0.4, -0.2) is 53.2 Å². The van der Waals surface area contributed by atoms with Gasteiger partial charge in [0.15, 0.2) is 0 Å². The largest absolute Gasteiger partial charge is 0.340 e. The zero-order chi connectivity index (χ0) is 11.3. The summed E-state index contributed by atoms with van der Waals surface area (Å²) in [6.45, 7) is 1.57. The van der Waals surface area contributed by atoms with Gasteiger partial charge in [-0.15, -0.1) is 0 Å². The van der Waals surface area contributed by atoms with Crippen LogP contribution >= 0.6 is 0 Å². The molecule has 1 unspecified atom stereocenters. The van der Waals surface area contributed by atoms with Gasteiger partial charge in [0.1, 0.15) is 5.78 Å². The highest BCUT2D eigenvalue weighted by atomic mass is 16.2. The standard InChI is InChI=1S/C12H18N2O2/c1-13-9-6-12(4-2-10(15)3-5-12)14(7-9)8-11(13)16/h9H,2-8H2,1H3/t9-/m1/s1. The molecule has 1 saturated carbocycles. The van der Waals surface area contributed by atoms with Crippen molar-refractivity contribution in [1.82, 2.24) is 9.80 Å². The molecule has 1 amide bonds. The molecule has 3 fully saturated rings. The second-order valence-corrected chi connectivity index (χ2v) is 5.51. The molecule has 2 bridgehead atoms. The molecular formula is C12H18N2O2. The Hall–Kier alpha value is -0.900. The van der Waals surface area contributed by atoms with E-state index >= 15 is 0 Å². The maximum atomic E-state index is 11.8. The van der Waals surface area contributed by atoms with Crippen LogP contribution in [0.4, 0.5) is 0 Å². The molecule has 1 aliphatic carbocycles. The quantitative estimate of drug-likeness (QED) is 0.596. The first-order valence-electron chi connectivity index (χ1n) is 6.13. The Morgan fingerprint density at radius 2 is 1.94 bits per heavy atom. The van der Waals surface area contributed by atoms with Crippen LogP contribution in [0.15, 0.2) is 0 Å². The van der Waals surface area contributed by atoms with Gasteiger partial charge < -0.3 is 4.90 Å². The van der Waals surface area contributed by atoms with Crippen LogP contribution in [0.3, 0.4) is 0 Å². The maximum Gasteiger partial charge on any atom is 0.236 e. The summed E-state index contributed by atoms with van der Waals surface area (Å²) in [6.07, 6.45) is 4.41. The van der Waals surface area contributed by atoms with Crippen molar-refractivity contribution in [2.24, 2.45) is 0 Å². The van der Waals surface area contributed by atoms with Gasteiger partial charge >= 0.3 is 0 Å². The van der Waals surface area contributed by atoms with Gasteiger partial charge in [-0.25, -0.2) is 0 Å². The van der Waals surface area contributed by atoms with E-state index in [1.165, 1.54) is 0 Å². The Balaban J connectivity index is 1.84. The van der Waals surface area contributed by atoms with Crippen molar-refractivity contribution in [3.8, 4) is 0 Å². The molecule has 2 saturated heterocycles. The Bertz CT molecular complexity index is 343. The molecule has 88 valence electrons. The molecule has 2 heterocycles. The van der Waals surface area contributed by atoms with Crippen LogP contribution < -0.4 is 0 Å². The van der Waals surface area contributed by atoms with Gasteiger partial charge in [-0.3, -0.25) is 14.5 Å². The minimum absolute atomic E-state index is 0.166. The molecule has 0 aromatic rings. The number of amides is 1. The molecule has 4 heteroatoms. The van der Waals surface area contributed by atoms with E-state index in [4.69, 9.17) is 0 Å². The lowest BCUT2D eigenvalue weighted by Gasteiger charge is -2.40. The number of hydrogen-bond donors (Lipinski definition) is 0. The summed E-state index contributed by atoms with van der Waals surface area (Å²) in [7, 11) is 1.91. The molecule has 0 radical (unpaired) electrons. The second kappa shape index (κ2) is 3.29. The van der Waals surface area contributed by atoms with Crippen LogP contribution in [0.25, 0.3) is 0 Å². The minimum Gasteiger partial charge on any atom is -0.340 e. The lowest BCUT2D eigenvalue weighted by atomic mass is 9.79. The Morgan fingerprint density at radius 3 is 2.62 bits per heavy atom. The van der Waals surface area contributed by atoms with Gasteiger partial charge in [-0.2, -0.15) is 0 Å². The van der Waals surface area contributed by atoms with Crippen molar-refractivity contribution in [2.75, 3.05) is 20.1 Å². The normalized spacial score (nSPS) is 37.2. The molecule has 0 N–H and O–H groups in total. The minimum atomic E-state index is 0.166. The number of nitrogens with zero attached hydrogens (tertiary/aromatic N) is 2. The number of Topliss-reactive ketones (excluding diaryl/α,β-unsaturated/α-hetero) is 1. The molecule has 4 nitrogen and oxygen atoms in total. The third kappa shape index (κ3) is 1.32. The van der Waals surface area contributed by atoms with Gasteiger partial charge in [-0.05, 0) is 19.3 Å². The van der Waals surface area contributed by atoms with Crippen LogP contribution in [0.1, 0.15) is 32.1 Å². The highest BCUT2D eigenvalue weighted by molar-refractivity contribution is 5.81. The first kappa shape index (κ1) is 10.3. The lowest BCUT2D eigenvalue weighted by Crippen LogP contribution is -2.53. The topological polar surface area (TPSA) is 40.6 Å². The number of rotatable bonds is 0. The molecule has 2 aliphatic heterocycles. The predicted molar refractivity (Wildman–Crippen MR) is 59.0 cm³/mol. The Kier molecular flexibility index (Phi) is 2.11. The molecular weight excluding hydrogens is 204 g/mol. The van der Waals surface area contributed by atoms with Crippen molar-refractivity contribution in [3.63, 3.8) is 0 Å². The third-order valence-electron chi connectivity index (χ3n) is 4.72. The summed E-state index contributed by atoms with van der Waals surface area (Å²) in [5, 5.41) is 0. The molecule has 16 heavy (non-hydrogen) atoms. The molecule has 0 aromatic carbocycles. The first-order chi connectivity index (χ1) is 7.61. The number of likely N-dealkylation sites (N-methyl/N-ethyl adjacent to an activating group) is 1. The number of ketones is 1. The number of carbonyl (C=O) groups is 2. The Labute approximate surface area is 95.6 Å². The highest BCUT2D eigenvalue weighted by Crippen LogP contribution is 2.43. The third-order valence-corrected chi connectivity index (χ3v) is 4.72. The van der Waals surface area contributed by atoms with E-state index in [1.807, 2.05) is 11.9 Å². The summed E-state index contributed by atoms with van der Waals surface area (Å²) in [5.41, 5.74) is 0.166. The van der Waals surface area contributed by atoms with Gasteiger partial charge in [0.2, 0.25) is 5.91 Å². The van der Waals surface area contributed by atoms with Gasteiger partial charge in [0.05, 0.1) is 6.54 Å². The van der Waals surface area contributed by atoms with E-state index in [9.17, 15) is 9.59 Å². The molecule has 3 aliphatic rings. The average molecular weight is 222 g/mol. The van der Waals surface area contributed by atoms with E-state index in [0.29, 0.717) is 31.2 Å². The molecule has 0 aromatic heterocycles. The van der Waals surface area contributed by atoms with Crippen molar-refractivity contribution in [3.05, 3.63) is 0 Å². The maximum absolute atomic E-state index is 11.8. The fraction of sp³-hybridized carbons (Fsp3) is 0.833.